The molecule has 0 spiro atoms. The predicted molar refractivity (Wildman–Crippen MR) is 138 cm³/mol. The van der Waals surface area contributed by atoms with Crippen molar-refractivity contribution in [2.75, 3.05) is 31.6 Å². The second-order valence-electron chi connectivity index (χ2n) is 10.6. The Balaban J connectivity index is 1.63. The van der Waals surface area contributed by atoms with E-state index >= 15 is 0 Å². The van der Waals surface area contributed by atoms with Gasteiger partial charge in [0.2, 0.25) is 5.91 Å². The lowest BCUT2D eigenvalue weighted by Gasteiger charge is -2.34. The number of carbonyl (C=O) groups is 2. The number of hydrogen-bond donors (Lipinski definition) is 0. The lowest BCUT2D eigenvalue weighted by molar-refractivity contribution is -0.129. The molecule has 0 bridgehead atoms. The Morgan fingerprint density at radius 2 is 1.84 bits per heavy atom. The van der Waals surface area contributed by atoms with E-state index in [4.69, 9.17) is 21.4 Å². The number of carbonyl (C=O) groups excluding carboxylic acids is 2. The average Bonchev–Trinajstić information content (AvgIpc) is 3.21. The Labute approximate surface area is 221 Å². The second kappa shape index (κ2) is 10.5. The van der Waals surface area contributed by atoms with Crippen molar-refractivity contribution in [3.05, 3.63) is 40.0 Å². The van der Waals surface area contributed by atoms with Gasteiger partial charge in [-0.1, -0.05) is 11.6 Å². The maximum absolute atomic E-state index is 13.5. The van der Waals surface area contributed by atoms with Crippen LogP contribution in [-0.4, -0.2) is 63.9 Å². The van der Waals surface area contributed by atoms with Crippen molar-refractivity contribution in [3.8, 4) is 0 Å². The number of aromatic nitrogens is 2. The highest BCUT2D eigenvalue weighted by atomic mass is 35.5. The van der Waals surface area contributed by atoms with Gasteiger partial charge in [-0.2, -0.15) is 5.10 Å². The van der Waals surface area contributed by atoms with Crippen LogP contribution in [0.2, 0.25) is 5.02 Å². The number of amides is 2. The summed E-state index contributed by atoms with van der Waals surface area (Å²) < 4.78 is 34.6. The van der Waals surface area contributed by atoms with Gasteiger partial charge in [-0.05, 0) is 51.8 Å². The Bertz CT molecular complexity index is 1170. The molecular formula is C26H34ClF2N5O3. The third-order valence-corrected chi connectivity index (χ3v) is 7.24. The Hall–Kier alpha value is -2.88. The number of nitrogens with zero attached hydrogens (tertiary/aromatic N) is 5. The van der Waals surface area contributed by atoms with E-state index in [9.17, 15) is 18.4 Å². The number of benzene rings is 1. The van der Waals surface area contributed by atoms with Crippen LogP contribution >= 0.6 is 11.6 Å². The zero-order chi connectivity index (χ0) is 27.1. The number of rotatable bonds is 4. The van der Waals surface area contributed by atoms with Gasteiger partial charge >= 0.3 is 6.09 Å². The molecule has 0 aliphatic carbocycles. The number of ether oxygens (including phenoxy) is 1. The van der Waals surface area contributed by atoms with Gasteiger partial charge in [0, 0.05) is 67.6 Å². The first kappa shape index (κ1) is 27.2. The number of hydrogen-bond acceptors (Lipinski definition) is 5. The summed E-state index contributed by atoms with van der Waals surface area (Å²) in [5.74, 6) is 0.599. The van der Waals surface area contributed by atoms with Crippen LogP contribution in [0.4, 0.5) is 25.1 Å². The van der Waals surface area contributed by atoms with E-state index in [0.29, 0.717) is 56.9 Å². The van der Waals surface area contributed by atoms with Crippen LogP contribution < -0.4 is 4.90 Å². The molecule has 8 nitrogen and oxygen atoms in total. The molecule has 0 saturated carbocycles. The molecule has 0 unspecified atom stereocenters. The molecule has 11 heteroatoms. The van der Waals surface area contributed by atoms with E-state index in [2.05, 4.69) is 0 Å². The Morgan fingerprint density at radius 3 is 2.43 bits per heavy atom. The van der Waals surface area contributed by atoms with Crippen molar-refractivity contribution in [2.45, 2.75) is 71.6 Å². The molecule has 0 atom stereocenters. The summed E-state index contributed by atoms with van der Waals surface area (Å²) in [7, 11) is 1.78. The number of halogens is 3. The van der Waals surface area contributed by atoms with E-state index in [1.807, 2.05) is 25.5 Å². The summed E-state index contributed by atoms with van der Waals surface area (Å²) in [5.41, 5.74) is 1.69. The summed E-state index contributed by atoms with van der Waals surface area (Å²) in [5, 5.41) is 4.97. The normalized spacial score (nSPS) is 16.7. The van der Waals surface area contributed by atoms with E-state index in [0.717, 1.165) is 11.3 Å². The maximum atomic E-state index is 13.5. The first-order chi connectivity index (χ1) is 17.4. The van der Waals surface area contributed by atoms with E-state index in [1.54, 1.807) is 34.7 Å². The van der Waals surface area contributed by atoms with Crippen LogP contribution in [0.3, 0.4) is 0 Å². The van der Waals surface area contributed by atoms with Crippen LogP contribution in [0, 0.1) is 0 Å². The predicted octanol–water partition coefficient (Wildman–Crippen LogP) is 5.72. The van der Waals surface area contributed by atoms with E-state index in [1.165, 1.54) is 12.1 Å². The molecular weight excluding hydrogens is 504 g/mol. The lowest BCUT2D eigenvalue weighted by Crippen LogP contribution is -2.42. The van der Waals surface area contributed by atoms with Crippen molar-refractivity contribution in [1.82, 2.24) is 19.6 Å². The smallest absolute Gasteiger partial charge is 0.410 e. The minimum atomic E-state index is -2.70. The van der Waals surface area contributed by atoms with Crippen LogP contribution in [0.25, 0.3) is 0 Å². The fraction of sp³-hybridized carbons (Fsp3) is 0.577. The Kier molecular flexibility index (Phi) is 7.69. The fourth-order valence-electron chi connectivity index (χ4n) is 4.92. The SMILES string of the molecule is CC(=O)N1CCc2c(c(N(C)c3ccc(Cl)c(C(F)F)c3)nn2C2CCN(C(=O)OC(C)(C)C)CC2)C1. The van der Waals surface area contributed by atoms with Crippen molar-refractivity contribution < 1.29 is 23.1 Å². The van der Waals surface area contributed by atoms with Gasteiger partial charge in [0.1, 0.15) is 5.60 Å². The first-order valence-electron chi connectivity index (χ1n) is 12.5. The van der Waals surface area contributed by atoms with Crippen LogP contribution in [0.15, 0.2) is 18.2 Å². The molecule has 1 aromatic carbocycles. The van der Waals surface area contributed by atoms with E-state index in [-0.39, 0.29) is 28.6 Å². The number of likely N-dealkylation sites (tertiary alicyclic amines) is 1. The molecule has 37 heavy (non-hydrogen) atoms. The molecule has 1 fully saturated rings. The van der Waals surface area contributed by atoms with Gasteiger partial charge < -0.3 is 19.4 Å². The van der Waals surface area contributed by atoms with Crippen LogP contribution in [0.1, 0.15) is 69.8 Å². The monoisotopic (exact) mass is 537 g/mol. The highest BCUT2D eigenvalue weighted by Gasteiger charge is 2.33. The van der Waals surface area contributed by atoms with Crippen molar-refractivity contribution in [2.24, 2.45) is 0 Å². The van der Waals surface area contributed by atoms with Crippen molar-refractivity contribution in [1.29, 1.82) is 0 Å². The number of piperidine rings is 1. The summed E-state index contributed by atoms with van der Waals surface area (Å²) in [6.45, 7) is 9.17. The summed E-state index contributed by atoms with van der Waals surface area (Å²) in [6, 6.07) is 4.60. The van der Waals surface area contributed by atoms with Crippen LogP contribution in [-0.2, 0) is 22.5 Å². The largest absolute Gasteiger partial charge is 0.444 e. The quantitative estimate of drug-likeness (QED) is 0.499. The molecule has 202 valence electrons. The minimum Gasteiger partial charge on any atom is -0.444 e. The van der Waals surface area contributed by atoms with E-state index < -0.39 is 12.0 Å². The number of fused-ring (bicyclic) bond motifs is 1. The molecule has 3 heterocycles. The Morgan fingerprint density at radius 1 is 1.16 bits per heavy atom. The molecule has 2 aromatic rings. The highest BCUT2D eigenvalue weighted by Crippen LogP contribution is 2.38. The van der Waals surface area contributed by atoms with Crippen LogP contribution in [0.5, 0.6) is 0 Å². The second-order valence-corrected chi connectivity index (χ2v) is 11.1. The molecule has 0 N–H and O–H groups in total. The van der Waals surface area contributed by atoms with Crippen molar-refractivity contribution >= 4 is 35.1 Å². The number of alkyl halides is 2. The molecule has 2 amide bonds. The summed E-state index contributed by atoms with van der Waals surface area (Å²) in [4.78, 5) is 29.9. The zero-order valence-electron chi connectivity index (χ0n) is 21.9. The average molecular weight is 538 g/mol. The zero-order valence-corrected chi connectivity index (χ0v) is 22.7. The van der Waals surface area contributed by atoms with Gasteiger partial charge in [0.15, 0.2) is 5.82 Å². The van der Waals surface area contributed by atoms with Gasteiger partial charge in [0.25, 0.3) is 6.43 Å². The fourth-order valence-corrected chi connectivity index (χ4v) is 5.12. The van der Waals surface area contributed by atoms with Gasteiger partial charge in [-0.15, -0.1) is 0 Å². The molecule has 1 aromatic heterocycles. The third kappa shape index (κ3) is 5.84. The molecule has 2 aliphatic rings. The highest BCUT2D eigenvalue weighted by molar-refractivity contribution is 6.31. The maximum Gasteiger partial charge on any atom is 0.410 e. The van der Waals surface area contributed by atoms with Crippen molar-refractivity contribution in [3.63, 3.8) is 0 Å². The number of anilines is 2. The van der Waals surface area contributed by atoms with Gasteiger partial charge in [-0.3, -0.25) is 9.48 Å². The third-order valence-electron chi connectivity index (χ3n) is 6.89. The lowest BCUT2D eigenvalue weighted by atomic mass is 10.0. The molecule has 4 rings (SSSR count). The van der Waals surface area contributed by atoms with Gasteiger partial charge in [-0.25, -0.2) is 13.6 Å². The molecule has 0 radical (unpaired) electrons. The minimum absolute atomic E-state index is 0.0132. The van der Waals surface area contributed by atoms with Gasteiger partial charge in [0.05, 0.1) is 12.6 Å². The standard InChI is InChI=1S/C26H34ClF2N5O3/c1-16(35)33-13-10-22-20(15-33)24(31(5)18-6-7-21(27)19(14-18)23(28)29)30-34(22)17-8-11-32(12-9-17)25(36)37-26(2,3)4/h6-7,14,17,23H,8-13,15H2,1-5H3. The first-order valence-corrected chi connectivity index (χ1v) is 12.9. The molecule has 2 aliphatic heterocycles. The summed E-state index contributed by atoms with van der Waals surface area (Å²) in [6.07, 6.45) is -0.947. The molecule has 1 saturated heterocycles. The topological polar surface area (TPSA) is 70.9 Å². The summed E-state index contributed by atoms with van der Waals surface area (Å²) >= 11 is 5.99.